The summed E-state index contributed by atoms with van der Waals surface area (Å²) in [6.45, 7) is 11.2. The first-order valence-electron chi connectivity index (χ1n) is 15.7. The van der Waals surface area contributed by atoms with E-state index in [2.05, 4.69) is 58.5 Å². The van der Waals surface area contributed by atoms with Gasteiger partial charge in [-0.25, -0.2) is 0 Å². The zero-order valence-electron chi connectivity index (χ0n) is 25.4. The van der Waals surface area contributed by atoms with E-state index in [1.165, 1.54) is 25.3 Å². The first kappa shape index (κ1) is 30.2. The first-order chi connectivity index (χ1) is 21.5. The number of ether oxygens (including phenoxy) is 1. The van der Waals surface area contributed by atoms with E-state index in [-0.39, 0.29) is 18.4 Å². The number of benzene rings is 2. The van der Waals surface area contributed by atoms with Crippen molar-refractivity contribution < 1.29 is 9.53 Å². The minimum Gasteiger partial charge on any atom is -0.462 e. The lowest BCUT2D eigenvalue weighted by molar-refractivity contribution is -0.128. The molecular formula is C34H40ClN7O2. The zero-order chi connectivity index (χ0) is 30.6. The van der Waals surface area contributed by atoms with Crippen molar-refractivity contribution >= 4 is 39.8 Å². The molecule has 3 aromatic rings. The minimum atomic E-state index is -0.243. The third-order valence-corrected chi connectivity index (χ3v) is 9.68. The molecule has 10 heteroatoms. The maximum atomic E-state index is 12.6. The number of aromatic nitrogens is 2. The second kappa shape index (κ2) is 13.4. The van der Waals surface area contributed by atoms with Crippen molar-refractivity contribution in [2.24, 2.45) is 0 Å². The van der Waals surface area contributed by atoms with Crippen LogP contribution in [0.15, 0.2) is 49.1 Å². The molecule has 1 atom stereocenters. The van der Waals surface area contributed by atoms with E-state index < -0.39 is 0 Å². The highest BCUT2D eigenvalue weighted by Gasteiger charge is 2.33. The molecule has 2 aromatic carbocycles. The summed E-state index contributed by atoms with van der Waals surface area (Å²) in [5.41, 5.74) is 3.13. The number of nitriles is 1. The molecule has 2 fully saturated rings. The van der Waals surface area contributed by atoms with Crippen molar-refractivity contribution in [2.75, 3.05) is 55.7 Å². The Morgan fingerprint density at radius 3 is 2.73 bits per heavy atom. The minimum absolute atomic E-state index is 0.144. The molecule has 0 bridgehead atoms. The molecule has 1 saturated carbocycles. The molecule has 3 aliphatic rings. The molecular weight excluding hydrogens is 574 g/mol. The van der Waals surface area contributed by atoms with Gasteiger partial charge in [-0.2, -0.15) is 15.2 Å². The van der Waals surface area contributed by atoms with Gasteiger partial charge in [0.2, 0.25) is 5.91 Å². The molecule has 9 nitrogen and oxygen atoms in total. The maximum Gasteiger partial charge on any atom is 0.318 e. The number of carbonyl (C=O) groups excluding carboxylic acids is 1. The Hall–Kier alpha value is -3.87. The Balaban J connectivity index is 1.30. The third-order valence-electron chi connectivity index (χ3n) is 9.37. The van der Waals surface area contributed by atoms with Gasteiger partial charge in [0.25, 0.3) is 0 Å². The number of piperazine rings is 1. The fraction of sp³-hybridized carbons (Fsp3) is 0.471. The van der Waals surface area contributed by atoms with E-state index in [0.29, 0.717) is 44.8 Å². The van der Waals surface area contributed by atoms with Crippen molar-refractivity contribution in [1.29, 1.82) is 5.26 Å². The molecule has 1 aliphatic carbocycles. The number of anilines is 2. The molecule has 6 rings (SSSR count). The molecule has 0 radical (unpaired) electrons. The Morgan fingerprint density at radius 2 is 2.00 bits per heavy atom. The van der Waals surface area contributed by atoms with Gasteiger partial charge in [0.05, 0.1) is 35.8 Å². The Labute approximate surface area is 264 Å². The summed E-state index contributed by atoms with van der Waals surface area (Å²) in [7, 11) is 0. The van der Waals surface area contributed by atoms with Crippen molar-refractivity contribution in [3.05, 3.63) is 65.3 Å². The molecule has 1 saturated heterocycles. The van der Waals surface area contributed by atoms with Crippen molar-refractivity contribution in [2.45, 2.75) is 57.7 Å². The predicted molar refractivity (Wildman–Crippen MR) is 174 cm³/mol. The molecule has 1 amide bonds. The van der Waals surface area contributed by atoms with Crippen LogP contribution >= 0.6 is 11.6 Å². The van der Waals surface area contributed by atoms with E-state index in [1.54, 1.807) is 4.90 Å². The van der Waals surface area contributed by atoms with Crippen molar-refractivity contribution in [3.8, 4) is 12.1 Å². The van der Waals surface area contributed by atoms with Gasteiger partial charge in [0.1, 0.15) is 12.4 Å². The number of hydrogen-bond acceptors (Lipinski definition) is 8. The fourth-order valence-corrected chi connectivity index (χ4v) is 7.08. The lowest BCUT2D eigenvalue weighted by Crippen LogP contribution is -2.55. The van der Waals surface area contributed by atoms with Crippen LogP contribution in [-0.4, -0.2) is 83.6 Å². The number of amides is 1. The van der Waals surface area contributed by atoms with E-state index in [9.17, 15) is 10.1 Å². The average Bonchev–Trinajstić information content (AvgIpc) is 3.02. The number of carbonyl (C=O) groups is 1. The summed E-state index contributed by atoms with van der Waals surface area (Å²) < 4.78 is 6.28. The molecule has 3 heterocycles. The highest BCUT2D eigenvalue weighted by molar-refractivity contribution is 6.36. The summed E-state index contributed by atoms with van der Waals surface area (Å²) >= 11 is 6.71. The van der Waals surface area contributed by atoms with Crippen LogP contribution in [0.25, 0.3) is 10.8 Å². The summed E-state index contributed by atoms with van der Waals surface area (Å²) in [6.07, 6.45) is 6.14. The summed E-state index contributed by atoms with van der Waals surface area (Å²) in [5.74, 6) is 0.704. The van der Waals surface area contributed by atoms with E-state index >= 15 is 0 Å². The summed E-state index contributed by atoms with van der Waals surface area (Å²) in [6, 6.07) is 15.3. The van der Waals surface area contributed by atoms with Gasteiger partial charge >= 0.3 is 6.01 Å². The highest BCUT2D eigenvalue weighted by Crippen LogP contribution is 2.37. The van der Waals surface area contributed by atoms with E-state index in [0.717, 1.165) is 64.6 Å². The number of halogens is 1. The average molecular weight is 614 g/mol. The number of hydrogen-bond donors (Lipinski definition) is 0. The number of nitrogens with zero attached hydrogens (tertiary/aromatic N) is 7. The van der Waals surface area contributed by atoms with Crippen LogP contribution in [0, 0.1) is 11.3 Å². The molecule has 44 heavy (non-hydrogen) atoms. The Kier molecular flexibility index (Phi) is 9.20. The Morgan fingerprint density at radius 1 is 1.18 bits per heavy atom. The lowest BCUT2D eigenvalue weighted by Gasteiger charge is -2.42. The van der Waals surface area contributed by atoms with Crippen LogP contribution in [0.4, 0.5) is 11.5 Å². The summed E-state index contributed by atoms with van der Waals surface area (Å²) in [4.78, 5) is 31.3. The molecule has 0 spiro atoms. The molecule has 0 unspecified atom stereocenters. The smallest absolute Gasteiger partial charge is 0.318 e. The van der Waals surface area contributed by atoms with Crippen LogP contribution in [0.2, 0.25) is 5.02 Å². The fourth-order valence-electron chi connectivity index (χ4n) is 6.80. The second-order valence-corrected chi connectivity index (χ2v) is 12.2. The van der Waals surface area contributed by atoms with Crippen LogP contribution in [0.3, 0.4) is 0 Å². The molecule has 2 aliphatic heterocycles. The predicted octanol–water partition coefficient (Wildman–Crippen LogP) is 5.22. The van der Waals surface area contributed by atoms with Gasteiger partial charge in [-0.3, -0.25) is 9.69 Å². The van der Waals surface area contributed by atoms with Crippen LogP contribution in [-0.2, 0) is 17.8 Å². The largest absolute Gasteiger partial charge is 0.462 e. The van der Waals surface area contributed by atoms with Crippen molar-refractivity contribution in [3.63, 3.8) is 0 Å². The van der Waals surface area contributed by atoms with E-state index in [1.807, 2.05) is 12.1 Å². The number of fused-ring (bicyclic) bond motifs is 2. The number of likely N-dealkylation sites (N-methyl/N-ethyl adjacent to an activating group) is 1. The van der Waals surface area contributed by atoms with E-state index in [4.69, 9.17) is 26.3 Å². The monoisotopic (exact) mass is 613 g/mol. The second-order valence-electron chi connectivity index (χ2n) is 11.8. The zero-order valence-corrected chi connectivity index (χ0v) is 26.2. The molecule has 0 N–H and O–H groups in total. The van der Waals surface area contributed by atoms with Gasteiger partial charge in [-0.05, 0) is 49.4 Å². The van der Waals surface area contributed by atoms with Gasteiger partial charge in [-0.15, -0.1) is 0 Å². The number of rotatable bonds is 10. The van der Waals surface area contributed by atoms with Gasteiger partial charge in [0.15, 0.2) is 0 Å². The van der Waals surface area contributed by atoms with Gasteiger partial charge in [0, 0.05) is 55.4 Å². The third kappa shape index (κ3) is 6.06. The van der Waals surface area contributed by atoms with Crippen LogP contribution in [0.1, 0.15) is 43.9 Å². The standard InChI is InChI=1S/C34H40ClN7O2/c1-3-31(43)42-19-18-41(22-26(42)14-16-36)33-27-15-17-40(30-13-6-9-24-8-5-12-28(35)32(24)30)23-29(27)37-34(38-33)44-21-20-39(4-2)25-10-7-11-25/h3,5-6,8-9,12-13,25-26H,1,4,7,10-11,14-15,17-23H2,2H3/t26-/m0/s1. The lowest BCUT2D eigenvalue weighted by atomic mass is 9.91. The van der Waals surface area contributed by atoms with Crippen LogP contribution in [0.5, 0.6) is 6.01 Å². The first-order valence-corrected chi connectivity index (χ1v) is 16.1. The molecule has 230 valence electrons. The van der Waals surface area contributed by atoms with Crippen molar-refractivity contribution in [1.82, 2.24) is 19.8 Å². The maximum absolute atomic E-state index is 12.6. The Bertz CT molecular complexity index is 1560. The van der Waals surface area contributed by atoms with Crippen LogP contribution < -0.4 is 14.5 Å². The normalized spacial score (nSPS) is 18.6. The SMILES string of the molecule is C=CC(=O)N1CCN(c2nc(OCCN(CC)C3CCC3)nc3c2CCN(c2cccc4cccc(Cl)c24)C3)C[C@@H]1CC#N. The quantitative estimate of drug-likeness (QED) is 0.288. The summed E-state index contributed by atoms with van der Waals surface area (Å²) in [5, 5.41) is 12.4. The topological polar surface area (TPSA) is 88.8 Å². The highest BCUT2D eigenvalue weighted by atomic mass is 35.5. The van der Waals surface area contributed by atoms with Gasteiger partial charge in [-0.1, -0.05) is 55.8 Å². The molecule has 1 aromatic heterocycles. The van der Waals surface area contributed by atoms with Gasteiger partial charge < -0.3 is 19.4 Å².